The molecular weight excluding hydrogens is 326 g/mol. The maximum absolute atomic E-state index is 12.7. The molecule has 1 amide bonds. The van der Waals surface area contributed by atoms with Gasteiger partial charge >= 0.3 is 0 Å². The number of aliphatic hydroxyl groups excluding tert-OH is 1. The SMILES string of the molecule is CCCCN1C(=O)C(=O)/C(=C(/O)c2ccc(C)cc2)[C@@H]1c1ccccc1. The molecule has 26 heavy (non-hydrogen) atoms. The topological polar surface area (TPSA) is 57.6 Å². The first-order chi connectivity index (χ1) is 12.5. The van der Waals surface area contributed by atoms with Crippen molar-refractivity contribution in [3.63, 3.8) is 0 Å². The average Bonchev–Trinajstić information content (AvgIpc) is 2.91. The van der Waals surface area contributed by atoms with Gasteiger partial charge in [0.15, 0.2) is 0 Å². The fraction of sp³-hybridized carbons (Fsp3) is 0.273. The van der Waals surface area contributed by atoms with Crippen molar-refractivity contribution in [1.29, 1.82) is 0 Å². The molecule has 1 aliphatic rings. The first-order valence-corrected chi connectivity index (χ1v) is 8.95. The molecule has 0 aromatic heterocycles. The number of ketones is 1. The zero-order valence-corrected chi connectivity index (χ0v) is 15.1. The number of hydrogen-bond donors (Lipinski definition) is 1. The van der Waals surface area contributed by atoms with E-state index >= 15 is 0 Å². The summed E-state index contributed by atoms with van der Waals surface area (Å²) in [5.41, 5.74) is 2.60. The standard InChI is InChI=1S/C22H23NO3/c1-3-4-14-23-19(16-8-6-5-7-9-16)18(21(25)22(23)26)20(24)17-12-10-15(2)11-13-17/h5-13,19,24H,3-4,14H2,1-2H3/b20-18+/t19-/m0/s1. The van der Waals surface area contributed by atoms with Crippen LogP contribution in [-0.2, 0) is 9.59 Å². The summed E-state index contributed by atoms with van der Waals surface area (Å²) < 4.78 is 0. The Morgan fingerprint density at radius 2 is 1.69 bits per heavy atom. The molecule has 1 N–H and O–H groups in total. The normalized spacial score (nSPS) is 19.2. The Labute approximate surface area is 153 Å². The second kappa shape index (κ2) is 7.56. The minimum atomic E-state index is -0.618. The van der Waals surface area contributed by atoms with Crippen LogP contribution in [0.4, 0.5) is 0 Å². The maximum Gasteiger partial charge on any atom is 0.295 e. The molecule has 3 rings (SSSR count). The van der Waals surface area contributed by atoms with Gasteiger partial charge in [-0.25, -0.2) is 0 Å². The Hall–Kier alpha value is -2.88. The lowest BCUT2D eigenvalue weighted by Gasteiger charge is -2.25. The van der Waals surface area contributed by atoms with E-state index in [0.29, 0.717) is 12.1 Å². The Balaban J connectivity index is 2.14. The predicted molar refractivity (Wildman–Crippen MR) is 102 cm³/mol. The van der Waals surface area contributed by atoms with Gasteiger partial charge in [-0.2, -0.15) is 0 Å². The number of rotatable bonds is 5. The lowest BCUT2D eigenvalue weighted by molar-refractivity contribution is -0.139. The molecule has 1 saturated heterocycles. The van der Waals surface area contributed by atoms with Crippen LogP contribution in [0.2, 0.25) is 0 Å². The molecule has 1 heterocycles. The molecule has 4 heteroatoms. The molecule has 1 fully saturated rings. The number of carbonyl (C=O) groups excluding carboxylic acids is 2. The molecule has 4 nitrogen and oxygen atoms in total. The molecule has 0 bridgehead atoms. The molecule has 1 aliphatic heterocycles. The second-order valence-electron chi connectivity index (χ2n) is 6.62. The van der Waals surface area contributed by atoms with Gasteiger partial charge in [0.2, 0.25) is 0 Å². The monoisotopic (exact) mass is 349 g/mol. The number of hydrogen-bond acceptors (Lipinski definition) is 3. The second-order valence-corrected chi connectivity index (χ2v) is 6.62. The summed E-state index contributed by atoms with van der Waals surface area (Å²) >= 11 is 0. The van der Waals surface area contributed by atoms with Crippen LogP contribution >= 0.6 is 0 Å². The Morgan fingerprint density at radius 3 is 2.31 bits per heavy atom. The smallest absolute Gasteiger partial charge is 0.295 e. The van der Waals surface area contributed by atoms with Crippen molar-refractivity contribution in [2.45, 2.75) is 32.7 Å². The highest BCUT2D eigenvalue weighted by atomic mass is 16.3. The number of likely N-dealkylation sites (tertiary alicyclic amines) is 1. The van der Waals surface area contributed by atoms with E-state index < -0.39 is 17.7 Å². The van der Waals surface area contributed by atoms with E-state index in [-0.39, 0.29) is 11.3 Å². The fourth-order valence-corrected chi connectivity index (χ4v) is 3.29. The van der Waals surface area contributed by atoms with E-state index in [1.807, 2.05) is 56.3 Å². The lowest BCUT2D eigenvalue weighted by atomic mass is 9.95. The first-order valence-electron chi connectivity index (χ1n) is 8.95. The van der Waals surface area contributed by atoms with E-state index in [1.54, 1.807) is 17.0 Å². The average molecular weight is 349 g/mol. The van der Waals surface area contributed by atoms with Gasteiger partial charge in [0.25, 0.3) is 11.7 Å². The molecule has 0 radical (unpaired) electrons. The molecule has 0 aliphatic carbocycles. The highest BCUT2D eigenvalue weighted by molar-refractivity contribution is 6.46. The highest BCUT2D eigenvalue weighted by Crippen LogP contribution is 2.39. The number of aliphatic hydroxyl groups is 1. The Bertz CT molecular complexity index is 837. The zero-order valence-electron chi connectivity index (χ0n) is 15.1. The van der Waals surface area contributed by atoms with Gasteiger partial charge in [0.1, 0.15) is 5.76 Å². The number of aryl methyl sites for hydroxylation is 1. The molecule has 0 saturated carbocycles. The van der Waals surface area contributed by atoms with E-state index in [0.717, 1.165) is 24.0 Å². The van der Waals surface area contributed by atoms with E-state index in [4.69, 9.17) is 0 Å². The third kappa shape index (κ3) is 3.27. The first kappa shape index (κ1) is 17.9. The summed E-state index contributed by atoms with van der Waals surface area (Å²) in [6, 6.07) is 16.2. The quantitative estimate of drug-likeness (QED) is 0.499. The number of unbranched alkanes of at least 4 members (excludes halogenated alkanes) is 1. The van der Waals surface area contributed by atoms with Gasteiger partial charge in [-0.3, -0.25) is 9.59 Å². The van der Waals surface area contributed by atoms with Crippen molar-refractivity contribution in [3.05, 3.63) is 76.9 Å². The van der Waals surface area contributed by atoms with Crippen LogP contribution in [0.1, 0.15) is 42.5 Å². The van der Waals surface area contributed by atoms with Crippen LogP contribution in [0.25, 0.3) is 5.76 Å². The van der Waals surface area contributed by atoms with Gasteiger partial charge in [-0.15, -0.1) is 0 Å². The minimum Gasteiger partial charge on any atom is -0.507 e. The van der Waals surface area contributed by atoms with Crippen molar-refractivity contribution >= 4 is 17.4 Å². The van der Waals surface area contributed by atoms with Gasteiger partial charge in [-0.05, 0) is 18.9 Å². The molecular formula is C22H23NO3. The summed E-state index contributed by atoms with van der Waals surface area (Å²) in [5, 5.41) is 10.9. The number of amides is 1. The molecule has 0 unspecified atom stereocenters. The maximum atomic E-state index is 12.7. The highest BCUT2D eigenvalue weighted by Gasteiger charge is 2.45. The minimum absolute atomic E-state index is 0.115. The van der Waals surface area contributed by atoms with Crippen molar-refractivity contribution in [2.24, 2.45) is 0 Å². The number of nitrogens with zero attached hydrogens (tertiary/aromatic N) is 1. The van der Waals surface area contributed by atoms with Crippen molar-refractivity contribution < 1.29 is 14.7 Å². The molecule has 1 atom stereocenters. The largest absolute Gasteiger partial charge is 0.507 e. The summed E-state index contributed by atoms with van der Waals surface area (Å²) in [6.07, 6.45) is 1.73. The molecule has 134 valence electrons. The van der Waals surface area contributed by atoms with Crippen LogP contribution in [-0.4, -0.2) is 28.2 Å². The van der Waals surface area contributed by atoms with Crippen LogP contribution in [0.3, 0.4) is 0 Å². The fourth-order valence-electron chi connectivity index (χ4n) is 3.29. The number of benzene rings is 2. The van der Waals surface area contributed by atoms with Gasteiger partial charge in [0, 0.05) is 12.1 Å². The van der Waals surface area contributed by atoms with E-state index in [9.17, 15) is 14.7 Å². The molecule has 2 aromatic rings. The number of Topliss-reactive ketones (excluding diaryl/α,β-unsaturated/α-hetero) is 1. The molecule has 0 spiro atoms. The van der Waals surface area contributed by atoms with Crippen LogP contribution in [0.15, 0.2) is 60.2 Å². The van der Waals surface area contributed by atoms with Gasteiger partial charge < -0.3 is 10.0 Å². The van der Waals surface area contributed by atoms with Crippen LogP contribution in [0.5, 0.6) is 0 Å². The molecule has 2 aromatic carbocycles. The zero-order chi connectivity index (χ0) is 18.7. The Morgan fingerprint density at radius 1 is 1.04 bits per heavy atom. The summed E-state index contributed by atoms with van der Waals surface area (Å²) in [6.45, 7) is 4.49. The summed E-state index contributed by atoms with van der Waals surface area (Å²) in [7, 11) is 0. The van der Waals surface area contributed by atoms with Gasteiger partial charge in [0.05, 0.1) is 11.6 Å². The van der Waals surface area contributed by atoms with Gasteiger partial charge in [-0.1, -0.05) is 73.5 Å². The van der Waals surface area contributed by atoms with E-state index in [1.165, 1.54) is 0 Å². The van der Waals surface area contributed by atoms with Crippen molar-refractivity contribution in [3.8, 4) is 0 Å². The predicted octanol–water partition coefficient (Wildman–Crippen LogP) is 4.22. The van der Waals surface area contributed by atoms with E-state index in [2.05, 4.69) is 0 Å². The van der Waals surface area contributed by atoms with Crippen molar-refractivity contribution in [1.82, 2.24) is 4.90 Å². The third-order valence-electron chi connectivity index (χ3n) is 4.73. The van der Waals surface area contributed by atoms with Crippen LogP contribution < -0.4 is 0 Å². The summed E-state index contributed by atoms with van der Waals surface area (Å²) in [5.74, 6) is -1.27. The third-order valence-corrected chi connectivity index (χ3v) is 4.73. The lowest BCUT2D eigenvalue weighted by Crippen LogP contribution is -2.30. The number of carbonyl (C=O) groups is 2. The van der Waals surface area contributed by atoms with Crippen molar-refractivity contribution in [2.75, 3.05) is 6.54 Å². The Kier molecular flexibility index (Phi) is 5.21. The van der Waals surface area contributed by atoms with Crippen LogP contribution in [0, 0.1) is 6.92 Å². The summed E-state index contributed by atoms with van der Waals surface area (Å²) in [4.78, 5) is 26.9.